The van der Waals surface area contributed by atoms with Crippen LogP contribution >= 0.6 is 15.9 Å². The number of hydrogen-bond acceptors (Lipinski definition) is 2. The maximum atomic E-state index is 4.62. The van der Waals surface area contributed by atoms with Gasteiger partial charge in [-0.25, -0.2) is 4.98 Å². The molecule has 0 aliphatic heterocycles. The van der Waals surface area contributed by atoms with Gasteiger partial charge in [-0.05, 0) is 41.9 Å². The lowest BCUT2D eigenvalue weighted by atomic mass is 10.3. The van der Waals surface area contributed by atoms with Gasteiger partial charge in [-0.15, -0.1) is 0 Å². The summed E-state index contributed by atoms with van der Waals surface area (Å²) in [7, 11) is 0. The Morgan fingerprint density at radius 2 is 2.11 bits per heavy atom. The molecule has 0 atom stereocenters. The van der Waals surface area contributed by atoms with Crippen molar-refractivity contribution < 1.29 is 0 Å². The van der Waals surface area contributed by atoms with Crippen LogP contribution in [-0.4, -0.2) is 19.2 Å². The predicted octanol–water partition coefficient (Wildman–Crippen LogP) is 3.29. The molecule has 3 aromatic rings. The highest BCUT2D eigenvalue weighted by Crippen LogP contribution is 2.23. The van der Waals surface area contributed by atoms with Gasteiger partial charge < -0.3 is 4.40 Å². The lowest BCUT2D eigenvalue weighted by molar-refractivity contribution is 0.660. The van der Waals surface area contributed by atoms with Gasteiger partial charge in [-0.1, -0.05) is 0 Å². The van der Waals surface area contributed by atoms with Crippen molar-refractivity contribution >= 4 is 21.6 Å². The molecule has 0 amide bonds. The fourth-order valence-corrected chi connectivity index (χ4v) is 2.30. The van der Waals surface area contributed by atoms with E-state index in [4.69, 9.17) is 0 Å². The van der Waals surface area contributed by atoms with Crippen LogP contribution < -0.4 is 0 Å². The van der Waals surface area contributed by atoms with Crippen LogP contribution in [0.15, 0.2) is 35.2 Å². The Kier molecular flexibility index (Phi) is 2.70. The average molecular weight is 305 g/mol. The van der Waals surface area contributed by atoms with Crippen molar-refractivity contribution in [1.29, 1.82) is 0 Å². The van der Waals surface area contributed by atoms with Gasteiger partial charge in [0.25, 0.3) is 0 Å². The van der Waals surface area contributed by atoms with E-state index >= 15 is 0 Å². The SMILES string of the molecule is CCn1cc(-c2cn3c(C)c(Br)ccc3n2)cn1. The molecule has 0 radical (unpaired) electrons. The molecule has 92 valence electrons. The monoisotopic (exact) mass is 304 g/mol. The maximum Gasteiger partial charge on any atom is 0.137 e. The molecule has 0 saturated heterocycles. The van der Waals surface area contributed by atoms with Gasteiger partial charge in [0, 0.05) is 34.7 Å². The minimum Gasteiger partial charge on any atom is -0.303 e. The summed E-state index contributed by atoms with van der Waals surface area (Å²) in [6.07, 6.45) is 5.92. The Labute approximate surface area is 113 Å². The Morgan fingerprint density at radius 1 is 1.28 bits per heavy atom. The molecule has 0 aliphatic rings. The molecule has 3 rings (SSSR count). The third-order valence-electron chi connectivity index (χ3n) is 3.07. The molecule has 3 heterocycles. The Bertz CT molecular complexity index is 711. The van der Waals surface area contributed by atoms with Crippen LogP contribution in [0.2, 0.25) is 0 Å². The van der Waals surface area contributed by atoms with Crippen LogP contribution in [0.3, 0.4) is 0 Å². The molecule has 0 aromatic carbocycles. The van der Waals surface area contributed by atoms with Crippen molar-refractivity contribution in [2.75, 3.05) is 0 Å². The molecule has 0 unspecified atom stereocenters. The van der Waals surface area contributed by atoms with E-state index < -0.39 is 0 Å². The maximum absolute atomic E-state index is 4.62. The summed E-state index contributed by atoms with van der Waals surface area (Å²) in [5.74, 6) is 0. The number of halogens is 1. The van der Waals surface area contributed by atoms with Crippen LogP contribution in [0.1, 0.15) is 12.6 Å². The van der Waals surface area contributed by atoms with Gasteiger partial charge in [0.2, 0.25) is 0 Å². The fourth-order valence-electron chi connectivity index (χ4n) is 1.97. The highest BCUT2D eigenvalue weighted by Gasteiger charge is 2.08. The lowest BCUT2D eigenvalue weighted by Gasteiger charge is -2.00. The number of nitrogens with zero attached hydrogens (tertiary/aromatic N) is 4. The van der Waals surface area contributed by atoms with Crippen molar-refractivity contribution in [3.63, 3.8) is 0 Å². The van der Waals surface area contributed by atoms with E-state index in [1.165, 1.54) is 0 Å². The third-order valence-corrected chi connectivity index (χ3v) is 3.91. The van der Waals surface area contributed by atoms with Crippen LogP contribution in [0.25, 0.3) is 16.9 Å². The molecule has 0 aliphatic carbocycles. The Hall–Kier alpha value is -1.62. The van der Waals surface area contributed by atoms with E-state index in [0.29, 0.717) is 0 Å². The number of rotatable bonds is 2. The lowest BCUT2D eigenvalue weighted by Crippen LogP contribution is -1.91. The summed E-state index contributed by atoms with van der Waals surface area (Å²) in [5.41, 5.74) is 4.11. The minimum atomic E-state index is 0.873. The second-order valence-corrected chi connectivity index (χ2v) is 5.06. The summed E-state index contributed by atoms with van der Waals surface area (Å²) in [5, 5.41) is 4.28. The summed E-state index contributed by atoms with van der Waals surface area (Å²) < 4.78 is 5.08. The molecule has 0 saturated carbocycles. The number of aromatic nitrogens is 4. The first-order chi connectivity index (χ1) is 8.69. The highest BCUT2D eigenvalue weighted by molar-refractivity contribution is 9.10. The summed E-state index contributed by atoms with van der Waals surface area (Å²) >= 11 is 3.53. The fraction of sp³-hybridized carbons (Fsp3) is 0.231. The van der Waals surface area contributed by atoms with Crippen molar-refractivity contribution in [2.24, 2.45) is 0 Å². The molecule has 4 nitrogen and oxygen atoms in total. The van der Waals surface area contributed by atoms with E-state index in [-0.39, 0.29) is 0 Å². The van der Waals surface area contributed by atoms with E-state index in [1.807, 2.05) is 35.4 Å². The average Bonchev–Trinajstić information content (AvgIpc) is 2.99. The Morgan fingerprint density at radius 3 is 2.83 bits per heavy atom. The molecule has 5 heteroatoms. The topological polar surface area (TPSA) is 35.1 Å². The van der Waals surface area contributed by atoms with E-state index in [9.17, 15) is 0 Å². The van der Waals surface area contributed by atoms with Crippen molar-refractivity contribution in [3.05, 3.63) is 40.9 Å². The second kappa shape index (κ2) is 4.24. The number of aryl methyl sites for hydroxylation is 2. The molecule has 0 N–H and O–H groups in total. The van der Waals surface area contributed by atoms with E-state index in [1.54, 1.807) is 0 Å². The first kappa shape index (κ1) is 11.5. The third kappa shape index (κ3) is 1.75. The number of hydrogen-bond donors (Lipinski definition) is 0. The summed E-state index contributed by atoms with van der Waals surface area (Å²) in [6, 6.07) is 4.03. The number of imidazole rings is 1. The van der Waals surface area contributed by atoms with Gasteiger partial charge in [0.15, 0.2) is 0 Å². The van der Waals surface area contributed by atoms with E-state index in [2.05, 4.69) is 44.3 Å². The van der Waals surface area contributed by atoms with Crippen LogP contribution in [0.4, 0.5) is 0 Å². The molecule has 3 aromatic heterocycles. The van der Waals surface area contributed by atoms with Gasteiger partial charge in [-0.3, -0.25) is 4.68 Å². The zero-order valence-corrected chi connectivity index (χ0v) is 11.8. The zero-order chi connectivity index (χ0) is 12.7. The molecule has 0 bridgehead atoms. The Balaban J connectivity index is 2.16. The first-order valence-electron chi connectivity index (χ1n) is 5.86. The van der Waals surface area contributed by atoms with E-state index in [0.717, 1.165) is 33.6 Å². The molecular formula is C13H13BrN4. The quantitative estimate of drug-likeness (QED) is 0.728. The smallest absolute Gasteiger partial charge is 0.137 e. The molecule has 0 spiro atoms. The van der Waals surface area contributed by atoms with Gasteiger partial charge in [0.05, 0.1) is 11.9 Å². The highest BCUT2D eigenvalue weighted by atomic mass is 79.9. The van der Waals surface area contributed by atoms with Crippen molar-refractivity contribution in [3.8, 4) is 11.3 Å². The summed E-state index contributed by atoms with van der Waals surface area (Å²) in [4.78, 5) is 4.62. The van der Waals surface area contributed by atoms with Gasteiger partial charge in [-0.2, -0.15) is 5.10 Å². The first-order valence-corrected chi connectivity index (χ1v) is 6.65. The number of pyridine rings is 1. The second-order valence-electron chi connectivity index (χ2n) is 4.21. The van der Waals surface area contributed by atoms with Crippen molar-refractivity contribution in [1.82, 2.24) is 19.2 Å². The normalized spacial score (nSPS) is 11.3. The standard InChI is InChI=1S/C13H13BrN4/c1-3-17-7-10(6-15-17)12-8-18-9(2)11(14)4-5-13(18)16-12/h4-8H,3H2,1-2H3. The molecule has 0 fully saturated rings. The van der Waals surface area contributed by atoms with Crippen LogP contribution in [-0.2, 0) is 6.54 Å². The van der Waals surface area contributed by atoms with Crippen LogP contribution in [0, 0.1) is 6.92 Å². The van der Waals surface area contributed by atoms with Gasteiger partial charge in [0.1, 0.15) is 5.65 Å². The molecule has 18 heavy (non-hydrogen) atoms. The predicted molar refractivity (Wildman–Crippen MR) is 74.5 cm³/mol. The number of fused-ring (bicyclic) bond motifs is 1. The van der Waals surface area contributed by atoms with Crippen molar-refractivity contribution in [2.45, 2.75) is 20.4 Å². The van der Waals surface area contributed by atoms with Crippen LogP contribution in [0.5, 0.6) is 0 Å². The summed E-state index contributed by atoms with van der Waals surface area (Å²) in [6.45, 7) is 5.01. The largest absolute Gasteiger partial charge is 0.303 e. The zero-order valence-electron chi connectivity index (χ0n) is 10.3. The van der Waals surface area contributed by atoms with Gasteiger partial charge >= 0.3 is 0 Å². The molecular weight excluding hydrogens is 292 g/mol. The minimum absolute atomic E-state index is 0.873.